The van der Waals surface area contributed by atoms with Crippen LogP contribution in [0.3, 0.4) is 0 Å². The molecule has 0 radical (unpaired) electrons. The van der Waals surface area contributed by atoms with Gasteiger partial charge in [-0.05, 0) is 51.3 Å². The number of hydrogen-bond acceptors (Lipinski definition) is 3. The highest BCUT2D eigenvalue weighted by Crippen LogP contribution is 2.35. The first-order valence-corrected chi connectivity index (χ1v) is 7.42. The highest BCUT2D eigenvalue weighted by atomic mass is 16.2. The zero-order chi connectivity index (χ0) is 15.6. The van der Waals surface area contributed by atoms with E-state index in [1.807, 2.05) is 43.9 Å². The summed E-state index contributed by atoms with van der Waals surface area (Å²) in [5.41, 5.74) is 7.63. The maximum atomic E-state index is 12.6. The Morgan fingerprint density at radius 2 is 2.10 bits per heavy atom. The third-order valence-corrected chi connectivity index (χ3v) is 3.96. The molecule has 4 heteroatoms. The van der Waals surface area contributed by atoms with Crippen molar-refractivity contribution in [3.63, 3.8) is 0 Å². The molecule has 1 aromatic carbocycles. The molecule has 0 spiro atoms. The molecule has 21 heavy (non-hydrogen) atoms. The molecule has 2 unspecified atom stereocenters. The zero-order valence-electron chi connectivity index (χ0n) is 13.0. The summed E-state index contributed by atoms with van der Waals surface area (Å²) in [5.74, 6) is 0.141. The smallest absolute Gasteiger partial charge is 0.223 e. The summed E-state index contributed by atoms with van der Waals surface area (Å²) in [7, 11) is 0. The van der Waals surface area contributed by atoms with Crippen molar-refractivity contribution in [2.75, 3.05) is 0 Å². The fourth-order valence-electron chi connectivity index (χ4n) is 3.09. The minimum atomic E-state index is -0.299. The minimum absolute atomic E-state index is 0.107. The largest absolute Gasteiger partial charge is 0.329 e. The minimum Gasteiger partial charge on any atom is -0.329 e. The molecule has 112 valence electrons. The van der Waals surface area contributed by atoms with Crippen molar-refractivity contribution in [3.8, 4) is 6.07 Å². The van der Waals surface area contributed by atoms with E-state index in [1.165, 1.54) is 0 Å². The zero-order valence-corrected chi connectivity index (χ0v) is 13.0. The van der Waals surface area contributed by atoms with Crippen molar-refractivity contribution in [1.82, 2.24) is 4.90 Å². The quantitative estimate of drug-likeness (QED) is 0.862. The van der Waals surface area contributed by atoms with E-state index in [2.05, 4.69) is 6.07 Å². The number of rotatable bonds is 1. The van der Waals surface area contributed by atoms with Crippen LogP contribution in [-0.2, 0) is 4.79 Å². The van der Waals surface area contributed by atoms with Crippen molar-refractivity contribution in [3.05, 3.63) is 35.4 Å². The van der Waals surface area contributed by atoms with Crippen LogP contribution in [0.2, 0.25) is 0 Å². The molecule has 0 saturated carbocycles. The summed E-state index contributed by atoms with van der Waals surface area (Å²) in [6, 6.07) is 9.32. The molecule has 1 heterocycles. The Labute approximate surface area is 126 Å². The summed E-state index contributed by atoms with van der Waals surface area (Å²) < 4.78 is 0. The van der Waals surface area contributed by atoms with Gasteiger partial charge in [0.15, 0.2) is 0 Å². The van der Waals surface area contributed by atoms with E-state index in [9.17, 15) is 4.79 Å². The highest BCUT2D eigenvalue weighted by molar-refractivity contribution is 5.78. The molecular formula is C17H23N3O. The molecule has 2 N–H and O–H groups in total. The van der Waals surface area contributed by atoms with Crippen molar-refractivity contribution in [2.24, 2.45) is 5.73 Å². The van der Waals surface area contributed by atoms with Gasteiger partial charge >= 0.3 is 0 Å². The van der Waals surface area contributed by atoms with Crippen LogP contribution < -0.4 is 5.73 Å². The van der Waals surface area contributed by atoms with Gasteiger partial charge in [-0.25, -0.2) is 0 Å². The molecule has 0 bridgehead atoms. The van der Waals surface area contributed by atoms with E-state index < -0.39 is 0 Å². The molecule has 1 saturated heterocycles. The molecule has 1 amide bonds. The number of hydrogen-bond donors (Lipinski definition) is 1. The van der Waals surface area contributed by atoms with Crippen LogP contribution in [0.5, 0.6) is 0 Å². The van der Waals surface area contributed by atoms with Crippen LogP contribution in [0, 0.1) is 11.3 Å². The maximum Gasteiger partial charge on any atom is 0.223 e. The third kappa shape index (κ3) is 3.25. The maximum absolute atomic E-state index is 12.6. The number of nitrogens with zero attached hydrogens (tertiary/aromatic N) is 2. The molecule has 0 aliphatic carbocycles. The van der Waals surface area contributed by atoms with E-state index in [-0.39, 0.29) is 23.5 Å². The Bertz CT molecular complexity index is 568. The van der Waals surface area contributed by atoms with Gasteiger partial charge in [0.1, 0.15) is 0 Å². The fourth-order valence-corrected chi connectivity index (χ4v) is 3.09. The van der Waals surface area contributed by atoms with E-state index in [1.54, 1.807) is 6.07 Å². The third-order valence-electron chi connectivity index (χ3n) is 3.96. The van der Waals surface area contributed by atoms with Gasteiger partial charge in [0.25, 0.3) is 0 Å². The summed E-state index contributed by atoms with van der Waals surface area (Å²) in [6.07, 6.45) is 2.18. The van der Waals surface area contributed by atoms with E-state index in [0.717, 1.165) is 18.4 Å². The standard InChI is InChI=1S/C17H23N3O/c1-17(2,3)20-15(21)9-5-8-14(19)16(20)13-7-4-6-12(10-13)11-18/h4,6-7,10,14,16H,5,8-9,19H2,1-3H3. The Morgan fingerprint density at radius 1 is 1.38 bits per heavy atom. The van der Waals surface area contributed by atoms with Crippen LogP contribution >= 0.6 is 0 Å². The SMILES string of the molecule is CC(C)(C)N1C(=O)CCCC(N)C1c1cccc(C#N)c1. The molecule has 1 aliphatic rings. The van der Waals surface area contributed by atoms with Gasteiger partial charge in [0, 0.05) is 18.0 Å². The summed E-state index contributed by atoms with van der Waals surface area (Å²) >= 11 is 0. The molecule has 1 aromatic rings. The fraction of sp³-hybridized carbons (Fsp3) is 0.529. The first-order chi connectivity index (χ1) is 9.84. The molecular weight excluding hydrogens is 262 g/mol. The Hall–Kier alpha value is -1.86. The predicted molar refractivity (Wildman–Crippen MR) is 82.3 cm³/mol. The Kier molecular flexibility index (Phi) is 4.34. The number of carbonyl (C=O) groups is 1. The van der Waals surface area contributed by atoms with Crippen LogP contribution in [-0.4, -0.2) is 22.4 Å². The average Bonchev–Trinajstić information content (AvgIpc) is 2.57. The second kappa shape index (κ2) is 5.87. The van der Waals surface area contributed by atoms with Crippen LogP contribution in [0.25, 0.3) is 0 Å². The van der Waals surface area contributed by atoms with Gasteiger partial charge in [-0.1, -0.05) is 12.1 Å². The lowest BCUT2D eigenvalue weighted by atomic mass is 9.91. The lowest BCUT2D eigenvalue weighted by Gasteiger charge is -2.43. The Balaban J connectivity index is 2.52. The first kappa shape index (κ1) is 15.5. The summed E-state index contributed by atoms with van der Waals surface area (Å²) in [5, 5.41) is 9.10. The van der Waals surface area contributed by atoms with Crippen molar-refractivity contribution >= 4 is 5.91 Å². The van der Waals surface area contributed by atoms with Crippen molar-refractivity contribution < 1.29 is 4.79 Å². The molecule has 2 atom stereocenters. The van der Waals surface area contributed by atoms with E-state index >= 15 is 0 Å². The van der Waals surface area contributed by atoms with Crippen LogP contribution in [0.15, 0.2) is 24.3 Å². The number of carbonyl (C=O) groups excluding carboxylic acids is 1. The number of likely N-dealkylation sites (tertiary alicyclic amines) is 1. The lowest BCUT2D eigenvalue weighted by Crippen LogP contribution is -2.51. The van der Waals surface area contributed by atoms with E-state index in [0.29, 0.717) is 12.0 Å². The van der Waals surface area contributed by atoms with Gasteiger partial charge in [0.2, 0.25) is 5.91 Å². The number of amides is 1. The Morgan fingerprint density at radius 3 is 2.71 bits per heavy atom. The number of benzene rings is 1. The number of nitrogens with two attached hydrogens (primary N) is 1. The molecule has 0 aromatic heterocycles. The summed E-state index contributed by atoms with van der Waals surface area (Å²) in [4.78, 5) is 14.5. The van der Waals surface area contributed by atoms with Gasteiger partial charge in [-0.15, -0.1) is 0 Å². The number of nitriles is 1. The highest BCUT2D eigenvalue weighted by Gasteiger charge is 2.38. The molecule has 4 nitrogen and oxygen atoms in total. The second-order valence-corrected chi connectivity index (χ2v) is 6.67. The van der Waals surface area contributed by atoms with Gasteiger partial charge in [0.05, 0.1) is 17.7 Å². The average molecular weight is 285 g/mol. The lowest BCUT2D eigenvalue weighted by molar-refractivity contribution is -0.139. The van der Waals surface area contributed by atoms with Crippen LogP contribution in [0.1, 0.15) is 57.2 Å². The predicted octanol–water partition coefficient (Wildman–Crippen LogP) is 2.74. The normalized spacial score (nSPS) is 23.6. The van der Waals surface area contributed by atoms with Gasteiger partial charge in [-0.2, -0.15) is 5.26 Å². The van der Waals surface area contributed by atoms with Gasteiger partial charge in [-0.3, -0.25) is 4.79 Å². The topological polar surface area (TPSA) is 70.1 Å². The molecule has 1 aliphatic heterocycles. The monoisotopic (exact) mass is 285 g/mol. The second-order valence-electron chi connectivity index (χ2n) is 6.67. The molecule has 2 rings (SSSR count). The van der Waals surface area contributed by atoms with Crippen molar-refractivity contribution in [2.45, 2.75) is 57.7 Å². The first-order valence-electron chi connectivity index (χ1n) is 7.42. The van der Waals surface area contributed by atoms with Crippen molar-refractivity contribution in [1.29, 1.82) is 5.26 Å². The molecule has 1 fully saturated rings. The van der Waals surface area contributed by atoms with E-state index in [4.69, 9.17) is 11.0 Å². The van der Waals surface area contributed by atoms with Gasteiger partial charge < -0.3 is 10.6 Å². The van der Waals surface area contributed by atoms with Crippen LogP contribution in [0.4, 0.5) is 0 Å². The summed E-state index contributed by atoms with van der Waals surface area (Å²) in [6.45, 7) is 6.10.